The lowest BCUT2D eigenvalue weighted by Gasteiger charge is -2.24. The van der Waals surface area contributed by atoms with Gasteiger partial charge in [0.2, 0.25) is 0 Å². The zero-order valence-corrected chi connectivity index (χ0v) is 14.4. The minimum absolute atomic E-state index is 0.257. The fourth-order valence-electron chi connectivity index (χ4n) is 1.68. The molecule has 0 rings (SSSR count). The first-order valence-corrected chi connectivity index (χ1v) is 8.05. The lowest BCUT2D eigenvalue weighted by Crippen LogP contribution is -2.45. The quantitative estimate of drug-likeness (QED) is 0.514. The molecular formula is C16H34N2O3. The van der Waals surface area contributed by atoms with Gasteiger partial charge in [0.15, 0.2) is 0 Å². The lowest BCUT2D eigenvalue weighted by molar-refractivity contribution is 0.0475. The maximum atomic E-state index is 11.6. The van der Waals surface area contributed by atoms with Crippen molar-refractivity contribution in [2.45, 2.75) is 59.5 Å². The van der Waals surface area contributed by atoms with Crippen LogP contribution < -0.4 is 10.6 Å². The van der Waals surface area contributed by atoms with Gasteiger partial charge in [-0.2, -0.15) is 0 Å². The molecule has 21 heavy (non-hydrogen) atoms. The van der Waals surface area contributed by atoms with Gasteiger partial charge in [-0.15, -0.1) is 0 Å². The third kappa shape index (κ3) is 13.9. The normalized spacial score (nSPS) is 14.3. The van der Waals surface area contributed by atoms with Crippen LogP contribution in [0.15, 0.2) is 0 Å². The highest BCUT2D eigenvalue weighted by Crippen LogP contribution is 2.15. The molecule has 0 saturated carbocycles. The average Bonchev–Trinajstić information content (AvgIpc) is 2.38. The van der Waals surface area contributed by atoms with Crippen LogP contribution in [0.3, 0.4) is 0 Å². The fraction of sp³-hybridized carbons (Fsp3) is 0.938. The molecule has 1 atom stereocenters. The Labute approximate surface area is 129 Å². The van der Waals surface area contributed by atoms with E-state index >= 15 is 0 Å². The molecule has 0 saturated heterocycles. The van der Waals surface area contributed by atoms with Crippen LogP contribution in [0.1, 0.15) is 53.9 Å². The Morgan fingerprint density at radius 1 is 1.10 bits per heavy atom. The number of ether oxygens (including phenoxy) is 1. The number of amides is 2. The summed E-state index contributed by atoms with van der Waals surface area (Å²) < 4.78 is 5.41. The molecule has 1 unspecified atom stereocenters. The molecule has 0 aliphatic rings. The first-order valence-electron chi connectivity index (χ1n) is 8.05. The molecule has 0 bridgehead atoms. The van der Waals surface area contributed by atoms with E-state index in [2.05, 4.69) is 38.3 Å². The van der Waals surface area contributed by atoms with Crippen molar-refractivity contribution in [1.29, 1.82) is 0 Å². The highest BCUT2D eigenvalue weighted by Gasteiger charge is 2.21. The van der Waals surface area contributed by atoms with Crippen LogP contribution in [0.25, 0.3) is 0 Å². The van der Waals surface area contributed by atoms with E-state index in [4.69, 9.17) is 4.74 Å². The van der Waals surface area contributed by atoms with Crippen LogP contribution in [-0.2, 0) is 4.74 Å². The highest BCUT2D eigenvalue weighted by atomic mass is 16.5. The Kier molecular flexibility index (Phi) is 10.4. The van der Waals surface area contributed by atoms with E-state index < -0.39 is 5.60 Å². The van der Waals surface area contributed by atoms with Gasteiger partial charge >= 0.3 is 6.03 Å². The highest BCUT2D eigenvalue weighted by molar-refractivity contribution is 5.73. The first kappa shape index (κ1) is 20.2. The van der Waals surface area contributed by atoms with Gasteiger partial charge in [0.25, 0.3) is 0 Å². The van der Waals surface area contributed by atoms with Gasteiger partial charge < -0.3 is 20.5 Å². The van der Waals surface area contributed by atoms with Crippen LogP contribution in [0, 0.1) is 11.8 Å². The number of rotatable bonds is 11. The number of urea groups is 1. The van der Waals surface area contributed by atoms with Gasteiger partial charge in [-0.05, 0) is 38.0 Å². The maximum Gasteiger partial charge on any atom is 0.314 e. The molecule has 3 N–H and O–H groups in total. The summed E-state index contributed by atoms with van der Waals surface area (Å²) in [6, 6.07) is -0.257. The number of carbonyl (C=O) groups excluding carboxylic acids is 1. The summed E-state index contributed by atoms with van der Waals surface area (Å²) in [6.07, 6.45) is 2.66. The zero-order valence-electron chi connectivity index (χ0n) is 14.4. The summed E-state index contributed by atoms with van der Waals surface area (Å²) in [5.41, 5.74) is -0.852. The van der Waals surface area contributed by atoms with Gasteiger partial charge in [-0.3, -0.25) is 0 Å². The molecule has 0 radical (unpaired) electrons. The van der Waals surface area contributed by atoms with Crippen molar-refractivity contribution in [3.8, 4) is 0 Å². The van der Waals surface area contributed by atoms with Crippen LogP contribution in [0.5, 0.6) is 0 Å². The van der Waals surface area contributed by atoms with Gasteiger partial charge in [0.1, 0.15) is 0 Å². The smallest absolute Gasteiger partial charge is 0.314 e. The van der Waals surface area contributed by atoms with Crippen molar-refractivity contribution in [1.82, 2.24) is 10.6 Å². The molecule has 2 amide bonds. The number of nitrogens with one attached hydrogen (secondary N) is 2. The Bertz CT molecular complexity index is 279. The monoisotopic (exact) mass is 302 g/mol. The summed E-state index contributed by atoms with van der Waals surface area (Å²) in [5, 5.41) is 15.6. The van der Waals surface area contributed by atoms with Crippen LogP contribution in [0.2, 0.25) is 0 Å². The third-order valence-corrected chi connectivity index (χ3v) is 3.26. The van der Waals surface area contributed by atoms with Crippen molar-refractivity contribution < 1.29 is 14.6 Å². The summed E-state index contributed by atoms with van der Waals surface area (Å²) in [4.78, 5) is 11.6. The topological polar surface area (TPSA) is 70.6 Å². The maximum absolute atomic E-state index is 11.6. The molecule has 0 aliphatic heterocycles. The molecule has 0 fully saturated rings. The van der Waals surface area contributed by atoms with E-state index in [1.54, 1.807) is 6.92 Å². The summed E-state index contributed by atoms with van der Waals surface area (Å²) in [5.74, 6) is 1.18. The average molecular weight is 302 g/mol. The first-order chi connectivity index (χ1) is 9.73. The van der Waals surface area contributed by atoms with Crippen LogP contribution in [-0.4, -0.2) is 43.0 Å². The number of carbonyl (C=O) groups is 1. The number of aliphatic hydroxyl groups is 1. The van der Waals surface area contributed by atoms with Gasteiger partial charge in [-0.25, -0.2) is 4.79 Å². The van der Waals surface area contributed by atoms with Crippen molar-refractivity contribution in [3.63, 3.8) is 0 Å². The predicted octanol–water partition coefficient (Wildman–Crippen LogP) is 2.54. The van der Waals surface area contributed by atoms with Gasteiger partial charge in [0.05, 0.1) is 12.2 Å². The Morgan fingerprint density at radius 3 is 2.29 bits per heavy atom. The van der Waals surface area contributed by atoms with Crippen molar-refractivity contribution in [2.24, 2.45) is 11.8 Å². The van der Waals surface area contributed by atoms with E-state index in [1.807, 2.05) is 0 Å². The molecule has 5 heteroatoms. The van der Waals surface area contributed by atoms with E-state index in [9.17, 15) is 9.90 Å². The van der Waals surface area contributed by atoms with Gasteiger partial charge in [-0.1, -0.05) is 27.7 Å². The summed E-state index contributed by atoms with van der Waals surface area (Å²) in [6.45, 7) is 12.3. The lowest BCUT2D eigenvalue weighted by atomic mass is 9.95. The predicted molar refractivity (Wildman–Crippen MR) is 86.4 cm³/mol. The molecule has 126 valence electrons. The van der Waals surface area contributed by atoms with Gasteiger partial charge in [0, 0.05) is 19.7 Å². The third-order valence-electron chi connectivity index (χ3n) is 3.26. The number of hydrogen-bond acceptors (Lipinski definition) is 3. The van der Waals surface area contributed by atoms with Crippen LogP contribution in [0.4, 0.5) is 4.79 Å². The van der Waals surface area contributed by atoms with Crippen molar-refractivity contribution in [2.75, 3.05) is 26.3 Å². The number of hydrogen-bond donors (Lipinski definition) is 3. The van der Waals surface area contributed by atoms with Crippen molar-refractivity contribution >= 4 is 6.03 Å². The second kappa shape index (κ2) is 10.9. The van der Waals surface area contributed by atoms with Crippen LogP contribution >= 0.6 is 0 Å². The minimum atomic E-state index is -0.852. The SMILES string of the molecule is CC(C)CCOCCNC(=O)NCC(C)(O)CCC(C)C. The summed E-state index contributed by atoms with van der Waals surface area (Å²) >= 11 is 0. The fourth-order valence-corrected chi connectivity index (χ4v) is 1.68. The Hall–Kier alpha value is -0.810. The molecular weight excluding hydrogens is 268 g/mol. The summed E-state index contributed by atoms with van der Waals surface area (Å²) in [7, 11) is 0. The largest absolute Gasteiger partial charge is 0.388 e. The molecule has 0 heterocycles. The molecule has 0 aromatic heterocycles. The molecule has 0 spiro atoms. The minimum Gasteiger partial charge on any atom is -0.388 e. The molecule has 5 nitrogen and oxygen atoms in total. The Balaban J connectivity index is 3.61. The van der Waals surface area contributed by atoms with E-state index in [-0.39, 0.29) is 12.6 Å². The molecule has 0 aromatic rings. The molecule has 0 aliphatic carbocycles. The second-order valence-electron chi connectivity index (χ2n) is 6.83. The second-order valence-corrected chi connectivity index (χ2v) is 6.83. The van der Waals surface area contributed by atoms with E-state index in [0.717, 1.165) is 19.4 Å². The molecule has 0 aromatic carbocycles. The van der Waals surface area contributed by atoms with Crippen molar-refractivity contribution in [3.05, 3.63) is 0 Å². The standard InChI is InChI=1S/C16H34N2O3/c1-13(2)6-8-16(5,20)12-18-15(19)17-9-11-21-10-7-14(3)4/h13-14,20H,6-12H2,1-5H3,(H2,17,18,19). The van der Waals surface area contributed by atoms with E-state index in [0.29, 0.717) is 31.4 Å². The Morgan fingerprint density at radius 2 is 1.71 bits per heavy atom. The van der Waals surface area contributed by atoms with E-state index in [1.165, 1.54) is 0 Å². The zero-order chi connectivity index (χ0) is 16.3.